The maximum atomic E-state index is 10.4. The minimum Gasteiger partial charge on any atom is -0.396 e. The molecule has 0 aliphatic rings. The van der Waals surface area contributed by atoms with E-state index in [0.29, 0.717) is 12.5 Å². The summed E-state index contributed by atoms with van der Waals surface area (Å²) in [5.41, 5.74) is 2.38. The number of hydrogen-bond donors (Lipinski definition) is 2. The summed E-state index contributed by atoms with van der Waals surface area (Å²) >= 11 is 0. The van der Waals surface area contributed by atoms with Crippen LogP contribution < -0.4 is 0 Å². The molecular formula is C19H30O3. The van der Waals surface area contributed by atoms with Crippen LogP contribution >= 0.6 is 0 Å². The van der Waals surface area contributed by atoms with Crippen molar-refractivity contribution in [2.75, 3.05) is 20.3 Å². The third-order valence-corrected chi connectivity index (χ3v) is 4.23. The molecule has 124 valence electrons. The number of rotatable bonds is 10. The average molecular weight is 306 g/mol. The molecule has 3 nitrogen and oxygen atoms in total. The van der Waals surface area contributed by atoms with Gasteiger partial charge in [0.05, 0.1) is 12.7 Å². The number of hydrogen-bond acceptors (Lipinski definition) is 3. The van der Waals surface area contributed by atoms with E-state index < -0.39 is 6.10 Å². The van der Waals surface area contributed by atoms with Gasteiger partial charge in [-0.2, -0.15) is 0 Å². The fourth-order valence-corrected chi connectivity index (χ4v) is 2.89. The molecule has 0 amide bonds. The molecule has 0 heterocycles. The molecule has 0 radical (unpaired) electrons. The van der Waals surface area contributed by atoms with Crippen LogP contribution in [0.15, 0.2) is 42.0 Å². The van der Waals surface area contributed by atoms with Crippen molar-refractivity contribution in [2.45, 2.75) is 45.1 Å². The Morgan fingerprint density at radius 1 is 1.27 bits per heavy atom. The highest BCUT2D eigenvalue weighted by Gasteiger charge is 2.20. The highest BCUT2D eigenvalue weighted by Crippen LogP contribution is 2.28. The second-order valence-corrected chi connectivity index (χ2v) is 5.84. The Bertz CT molecular complexity index is 428. The van der Waals surface area contributed by atoms with E-state index in [4.69, 9.17) is 9.84 Å². The third-order valence-electron chi connectivity index (χ3n) is 4.23. The number of ether oxygens (including phenoxy) is 1. The molecule has 1 aromatic rings. The lowest BCUT2D eigenvalue weighted by atomic mass is 9.86. The Hall–Kier alpha value is -1.16. The molecule has 1 rings (SSSR count). The average Bonchev–Trinajstić information content (AvgIpc) is 2.54. The van der Waals surface area contributed by atoms with Crippen molar-refractivity contribution in [3.8, 4) is 0 Å². The lowest BCUT2D eigenvalue weighted by Gasteiger charge is -2.23. The zero-order valence-electron chi connectivity index (χ0n) is 14.0. The van der Waals surface area contributed by atoms with Gasteiger partial charge < -0.3 is 14.9 Å². The summed E-state index contributed by atoms with van der Waals surface area (Å²) in [6.07, 6.45) is 4.46. The van der Waals surface area contributed by atoms with Crippen molar-refractivity contribution in [2.24, 2.45) is 5.92 Å². The number of aliphatic hydroxyl groups is 2. The fourth-order valence-electron chi connectivity index (χ4n) is 2.89. The summed E-state index contributed by atoms with van der Waals surface area (Å²) in [4.78, 5) is 0. The zero-order chi connectivity index (χ0) is 16.4. The lowest BCUT2D eigenvalue weighted by Crippen LogP contribution is -2.23. The van der Waals surface area contributed by atoms with Crippen molar-refractivity contribution in [1.82, 2.24) is 0 Å². The van der Waals surface area contributed by atoms with Crippen LogP contribution in [0.3, 0.4) is 0 Å². The monoisotopic (exact) mass is 306 g/mol. The van der Waals surface area contributed by atoms with Crippen molar-refractivity contribution < 1.29 is 14.9 Å². The minimum atomic E-state index is -0.558. The molecule has 22 heavy (non-hydrogen) atoms. The lowest BCUT2D eigenvalue weighted by molar-refractivity contribution is 0.0555. The Morgan fingerprint density at radius 2 is 1.95 bits per heavy atom. The summed E-state index contributed by atoms with van der Waals surface area (Å²) in [5.74, 6) is 0.387. The molecule has 0 spiro atoms. The van der Waals surface area contributed by atoms with E-state index in [1.54, 1.807) is 7.11 Å². The Balaban J connectivity index is 2.97. The summed E-state index contributed by atoms with van der Waals surface area (Å²) < 4.78 is 5.13. The number of benzene rings is 1. The first-order chi connectivity index (χ1) is 10.6. The summed E-state index contributed by atoms with van der Waals surface area (Å²) in [6.45, 7) is 4.85. The van der Waals surface area contributed by atoms with Crippen LogP contribution in [-0.4, -0.2) is 36.6 Å². The summed E-state index contributed by atoms with van der Waals surface area (Å²) in [7, 11) is 1.61. The molecule has 0 unspecified atom stereocenters. The van der Waals surface area contributed by atoms with E-state index in [-0.39, 0.29) is 12.5 Å². The van der Waals surface area contributed by atoms with Crippen molar-refractivity contribution >= 4 is 0 Å². The van der Waals surface area contributed by atoms with E-state index >= 15 is 0 Å². The van der Waals surface area contributed by atoms with Gasteiger partial charge in [-0.3, -0.25) is 0 Å². The highest BCUT2D eigenvalue weighted by atomic mass is 16.5. The molecule has 0 fully saturated rings. The van der Waals surface area contributed by atoms with E-state index in [9.17, 15) is 5.11 Å². The quantitative estimate of drug-likeness (QED) is 0.650. The number of methoxy groups -OCH3 is 1. The van der Waals surface area contributed by atoms with Gasteiger partial charge in [0.15, 0.2) is 0 Å². The first-order valence-electron chi connectivity index (χ1n) is 8.15. The van der Waals surface area contributed by atoms with Crippen LogP contribution in [0.2, 0.25) is 0 Å². The van der Waals surface area contributed by atoms with Gasteiger partial charge in [-0.25, -0.2) is 0 Å². The molecule has 0 saturated carbocycles. The molecule has 0 bridgehead atoms. The largest absolute Gasteiger partial charge is 0.396 e. The van der Waals surface area contributed by atoms with Crippen LogP contribution in [0.1, 0.15) is 44.6 Å². The maximum Gasteiger partial charge on any atom is 0.0876 e. The standard InChI is InChI=1S/C19H30O3/c1-4-16(11-8-12-20)15(2)13-18(19(21)14-22-3)17-9-6-5-7-10-17/h5-7,9-10,13,16,18-21H,4,8,11-12,14H2,1-3H3/b15-13+/t16-,18+,19-/m0/s1. The van der Waals surface area contributed by atoms with Crippen LogP contribution in [0.25, 0.3) is 0 Å². The molecule has 3 heteroatoms. The van der Waals surface area contributed by atoms with Gasteiger partial charge in [0.25, 0.3) is 0 Å². The Morgan fingerprint density at radius 3 is 2.50 bits per heavy atom. The molecule has 0 saturated heterocycles. The van der Waals surface area contributed by atoms with Crippen LogP contribution in [-0.2, 0) is 4.74 Å². The van der Waals surface area contributed by atoms with Crippen molar-refractivity contribution in [3.63, 3.8) is 0 Å². The van der Waals surface area contributed by atoms with Crippen LogP contribution in [0, 0.1) is 5.92 Å². The van der Waals surface area contributed by atoms with Crippen molar-refractivity contribution in [1.29, 1.82) is 0 Å². The van der Waals surface area contributed by atoms with E-state index in [1.807, 2.05) is 30.3 Å². The second kappa shape index (κ2) is 10.5. The van der Waals surface area contributed by atoms with Gasteiger partial charge in [-0.1, -0.05) is 48.9 Å². The smallest absolute Gasteiger partial charge is 0.0876 e. The molecule has 2 N–H and O–H groups in total. The molecule has 0 aliphatic carbocycles. The first-order valence-corrected chi connectivity index (χ1v) is 8.15. The molecule has 0 aromatic heterocycles. The molecular weight excluding hydrogens is 276 g/mol. The van der Waals surface area contributed by atoms with Crippen molar-refractivity contribution in [3.05, 3.63) is 47.5 Å². The van der Waals surface area contributed by atoms with E-state index in [0.717, 1.165) is 24.8 Å². The highest BCUT2D eigenvalue weighted by molar-refractivity contribution is 5.27. The van der Waals surface area contributed by atoms with E-state index in [2.05, 4.69) is 19.9 Å². The van der Waals surface area contributed by atoms with E-state index in [1.165, 1.54) is 5.57 Å². The molecule has 3 atom stereocenters. The maximum absolute atomic E-state index is 10.4. The molecule has 1 aromatic carbocycles. The van der Waals surface area contributed by atoms with Crippen LogP contribution in [0.5, 0.6) is 0 Å². The van der Waals surface area contributed by atoms with Gasteiger partial charge in [0.1, 0.15) is 0 Å². The predicted octanol–water partition coefficient (Wildman–Crippen LogP) is 3.52. The summed E-state index contributed by atoms with van der Waals surface area (Å²) in [5, 5.41) is 19.5. The number of aliphatic hydroxyl groups excluding tert-OH is 2. The van der Waals surface area contributed by atoms with Crippen LogP contribution in [0.4, 0.5) is 0 Å². The third kappa shape index (κ3) is 5.91. The van der Waals surface area contributed by atoms with Gasteiger partial charge in [-0.15, -0.1) is 0 Å². The zero-order valence-corrected chi connectivity index (χ0v) is 14.0. The Kier molecular flexibility index (Phi) is 9.05. The number of allylic oxidation sites excluding steroid dienone is 1. The predicted molar refractivity (Wildman–Crippen MR) is 90.9 cm³/mol. The molecule has 0 aliphatic heterocycles. The fraction of sp³-hybridized carbons (Fsp3) is 0.579. The van der Waals surface area contributed by atoms with Gasteiger partial charge in [0.2, 0.25) is 0 Å². The second-order valence-electron chi connectivity index (χ2n) is 5.84. The topological polar surface area (TPSA) is 49.7 Å². The summed E-state index contributed by atoms with van der Waals surface area (Å²) in [6, 6.07) is 10.1. The van der Waals surface area contributed by atoms with Gasteiger partial charge in [-0.05, 0) is 37.7 Å². The van der Waals surface area contributed by atoms with Gasteiger partial charge >= 0.3 is 0 Å². The minimum absolute atomic E-state index is 0.0654. The first kappa shape index (κ1) is 18.9. The Labute approximate surface area is 134 Å². The normalized spacial score (nSPS) is 16.3. The van der Waals surface area contributed by atoms with Gasteiger partial charge in [0, 0.05) is 19.6 Å². The SMILES string of the molecule is CC[C@@H](CCCO)/C(C)=C/[C@H](c1ccccc1)[C@@H](O)COC.